The molecule has 2 aromatic rings. The number of benzene rings is 1. The van der Waals surface area contributed by atoms with Gasteiger partial charge in [-0.05, 0) is 13.0 Å². The van der Waals surface area contributed by atoms with Crippen molar-refractivity contribution in [3.05, 3.63) is 29.8 Å². The fourth-order valence-corrected chi connectivity index (χ4v) is 2.83. The van der Waals surface area contributed by atoms with Gasteiger partial charge in [-0.3, -0.25) is 0 Å². The van der Waals surface area contributed by atoms with Crippen LogP contribution in [0.15, 0.2) is 23.5 Å². The quantitative estimate of drug-likeness (QED) is 0.482. The van der Waals surface area contributed by atoms with Crippen LogP contribution in [0.4, 0.5) is 8.78 Å². The van der Waals surface area contributed by atoms with Gasteiger partial charge in [0.15, 0.2) is 17.5 Å². The maximum Gasteiger partial charge on any atom is 0.387 e. The van der Waals surface area contributed by atoms with Gasteiger partial charge in [-0.25, -0.2) is 4.99 Å². The fraction of sp³-hybridized carbons (Fsp3) is 0.500. The molecule has 2 N–H and O–H groups in total. The third-order valence-electron chi connectivity index (χ3n) is 4.18. The van der Waals surface area contributed by atoms with E-state index in [1.165, 1.54) is 6.07 Å². The summed E-state index contributed by atoms with van der Waals surface area (Å²) in [6.07, 6.45) is 2.48. The van der Waals surface area contributed by atoms with Crippen LogP contribution in [-0.2, 0) is 19.5 Å². The molecule has 3 rings (SSSR count). The molecule has 1 aromatic carbocycles. The Kier molecular flexibility index (Phi) is 7.04. The van der Waals surface area contributed by atoms with Crippen molar-refractivity contribution in [2.24, 2.45) is 4.99 Å². The van der Waals surface area contributed by atoms with Crippen molar-refractivity contribution in [3.8, 4) is 17.2 Å². The van der Waals surface area contributed by atoms with Crippen molar-refractivity contribution >= 4 is 5.96 Å². The van der Waals surface area contributed by atoms with Gasteiger partial charge in [0.05, 0.1) is 6.54 Å². The molecular weight excluding hydrogens is 386 g/mol. The van der Waals surface area contributed by atoms with Crippen LogP contribution in [0.25, 0.3) is 0 Å². The van der Waals surface area contributed by atoms with Crippen molar-refractivity contribution in [1.82, 2.24) is 25.4 Å². The van der Waals surface area contributed by atoms with Crippen LogP contribution in [0.2, 0.25) is 0 Å². The highest BCUT2D eigenvalue weighted by Gasteiger charge is 2.20. The van der Waals surface area contributed by atoms with Gasteiger partial charge in [-0.15, -0.1) is 10.2 Å². The van der Waals surface area contributed by atoms with Gasteiger partial charge >= 0.3 is 6.61 Å². The van der Waals surface area contributed by atoms with Crippen molar-refractivity contribution in [3.63, 3.8) is 0 Å². The van der Waals surface area contributed by atoms with E-state index in [9.17, 15) is 8.78 Å². The second-order valence-corrected chi connectivity index (χ2v) is 6.11. The van der Waals surface area contributed by atoms with E-state index in [-0.39, 0.29) is 19.1 Å². The SMILES string of the molecule is CCNC(=NCc1cc2c(cc1OC(F)F)OCO2)NCCn1cnnc1CC. The third-order valence-corrected chi connectivity index (χ3v) is 4.18. The van der Waals surface area contributed by atoms with Gasteiger partial charge in [-0.1, -0.05) is 6.92 Å². The molecule has 1 aliphatic rings. The maximum atomic E-state index is 12.8. The lowest BCUT2D eigenvalue weighted by atomic mass is 10.1. The van der Waals surface area contributed by atoms with Crippen LogP contribution in [0.5, 0.6) is 17.2 Å². The monoisotopic (exact) mass is 410 g/mol. The Labute approximate surface area is 167 Å². The van der Waals surface area contributed by atoms with E-state index in [4.69, 9.17) is 9.47 Å². The molecule has 0 atom stereocenters. The lowest BCUT2D eigenvalue weighted by Crippen LogP contribution is -2.39. The summed E-state index contributed by atoms with van der Waals surface area (Å²) in [6.45, 7) is 3.11. The number of aryl methyl sites for hydroxylation is 1. The van der Waals surface area contributed by atoms with Crippen molar-refractivity contribution in [2.75, 3.05) is 19.9 Å². The first-order chi connectivity index (χ1) is 14.1. The zero-order valence-corrected chi connectivity index (χ0v) is 16.3. The average molecular weight is 410 g/mol. The summed E-state index contributed by atoms with van der Waals surface area (Å²) in [5, 5.41) is 14.3. The summed E-state index contributed by atoms with van der Waals surface area (Å²) in [4.78, 5) is 4.47. The van der Waals surface area contributed by atoms with Crippen molar-refractivity contribution in [2.45, 2.75) is 40.0 Å². The number of halogens is 2. The summed E-state index contributed by atoms with van der Waals surface area (Å²) in [7, 11) is 0. The molecule has 0 unspecified atom stereocenters. The molecule has 158 valence electrons. The first-order valence-electron chi connectivity index (χ1n) is 9.36. The van der Waals surface area contributed by atoms with E-state index < -0.39 is 6.61 Å². The summed E-state index contributed by atoms with van der Waals surface area (Å²) >= 11 is 0. The van der Waals surface area contributed by atoms with Crippen LogP contribution < -0.4 is 24.8 Å². The molecule has 0 radical (unpaired) electrons. The summed E-state index contributed by atoms with van der Waals surface area (Å²) < 4.78 is 42.7. The zero-order chi connectivity index (χ0) is 20.6. The number of hydrogen-bond acceptors (Lipinski definition) is 6. The number of aromatic nitrogens is 3. The van der Waals surface area contributed by atoms with Crippen LogP contribution in [0.1, 0.15) is 25.2 Å². The smallest absolute Gasteiger partial charge is 0.387 e. The van der Waals surface area contributed by atoms with Gasteiger partial charge in [-0.2, -0.15) is 8.78 Å². The molecule has 11 heteroatoms. The predicted molar refractivity (Wildman–Crippen MR) is 101 cm³/mol. The number of nitrogens with one attached hydrogen (secondary N) is 2. The summed E-state index contributed by atoms with van der Waals surface area (Å²) in [5.74, 6) is 2.33. The minimum Gasteiger partial charge on any atom is -0.454 e. The standard InChI is InChI=1S/C18H24F2N6O3/c1-3-16-25-24-10-26(16)6-5-22-18(21-4-2)23-9-12-7-14-15(28-11-27-14)8-13(12)29-17(19)20/h7-8,10,17H,3-6,9,11H2,1-2H3,(H2,21,22,23). The number of ether oxygens (including phenoxy) is 3. The van der Waals surface area contributed by atoms with E-state index in [0.29, 0.717) is 42.7 Å². The number of aliphatic imine (C=N–C) groups is 1. The number of alkyl halides is 2. The molecule has 0 aliphatic carbocycles. The Morgan fingerprint density at radius 2 is 2.07 bits per heavy atom. The van der Waals surface area contributed by atoms with E-state index in [1.807, 2.05) is 18.4 Å². The molecule has 1 aromatic heterocycles. The minimum absolute atomic E-state index is 0.0147. The summed E-state index contributed by atoms with van der Waals surface area (Å²) in [6, 6.07) is 3.01. The van der Waals surface area contributed by atoms with Crippen LogP contribution in [0, 0.1) is 0 Å². The maximum absolute atomic E-state index is 12.8. The van der Waals surface area contributed by atoms with Gasteiger partial charge in [0.1, 0.15) is 17.9 Å². The first kappa shape index (κ1) is 20.6. The molecule has 29 heavy (non-hydrogen) atoms. The topological polar surface area (TPSA) is 94.8 Å². The molecule has 0 spiro atoms. The first-order valence-corrected chi connectivity index (χ1v) is 9.36. The Hall–Kier alpha value is -3.11. The molecule has 2 heterocycles. The molecule has 9 nitrogen and oxygen atoms in total. The predicted octanol–water partition coefficient (Wildman–Crippen LogP) is 1.93. The molecule has 1 aliphatic heterocycles. The fourth-order valence-electron chi connectivity index (χ4n) is 2.83. The highest BCUT2D eigenvalue weighted by Crippen LogP contribution is 2.39. The Morgan fingerprint density at radius 1 is 1.28 bits per heavy atom. The molecule has 0 saturated heterocycles. The highest BCUT2D eigenvalue weighted by atomic mass is 19.3. The Balaban J connectivity index is 1.67. The van der Waals surface area contributed by atoms with E-state index in [2.05, 4.69) is 30.6 Å². The van der Waals surface area contributed by atoms with Crippen molar-refractivity contribution < 1.29 is 23.0 Å². The van der Waals surface area contributed by atoms with Crippen molar-refractivity contribution in [1.29, 1.82) is 0 Å². The lowest BCUT2D eigenvalue weighted by molar-refractivity contribution is -0.0505. The van der Waals surface area contributed by atoms with E-state index in [1.54, 1.807) is 12.4 Å². The minimum atomic E-state index is -2.94. The largest absolute Gasteiger partial charge is 0.454 e. The van der Waals surface area contributed by atoms with Crippen LogP contribution >= 0.6 is 0 Å². The number of fused-ring (bicyclic) bond motifs is 1. The lowest BCUT2D eigenvalue weighted by Gasteiger charge is -2.14. The second kappa shape index (κ2) is 9.89. The van der Waals surface area contributed by atoms with E-state index >= 15 is 0 Å². The van der Waals surface area contributed by atoms with Gasteiger partial charge in [0.2, 0.25) is 6.79 Å². The number of hydrogen-bond donors (Lipinski definition) is 2. The zero-order valence-electron chi connectivity index (χ0n) is 16.3. The molecule has 0 saturated carbocycles. The molecule has 0 fully saturated rings. The van der Waals surface area contributed by atoms with Gasteiger partial charge < -0.3 is 29.4 Å². The Morgan fingerprint density at radius 3 is 2.79 bits per heavy atom. The molecular formula is C18H24F2N6O3. The third kappa shape index (κ3) is 5.46. The number of guanidine groups is 1. The molecule has 0 amide bonds. The number of rotatable bonds is 9. The average Bonchev–Trinajstić information content (AvgIpc) is 3.33. The number of nitrogens with zero attached hydrogens (tertiary/aromatic N) is 4. The molecule has 0 bridgehead atoms. The second-order valence-electron chi connectivity index (χ2n) is 6.11. The van der Waals surface area contributed by atoms with Gasteiger partial charge in [0, 0.05) is 37.7 Å². The van der Waals surface area contributed by atoms with Crippen LogP contribution in [-0.4, -0.2) is 47.2 Å². The van der Waals surface area contributed by atoms with Gasteiger partial charge in [0.25, 0.3) is 0 Å². The summed E-state index contributed by atoms with van der Waals surface area (Å²) in [5.41, 5.74) is 0.471. The highest BCUT2D eigenvalue weighted by molar-refractivity contribution is 5.79. The normalized spacial score (nSPS) is 13.1. The van der Waals surface area contributed by atoms with E-state index in [0.717, 1.165) is 12.2 Å². The Bertz CT molecular complexity index is 843. The van der Waals surface area contributed by atoms with Crippen LogP contribution in [0.3, 0.4) is 0 Å².